The second-order valence-electron chi connectivity index (χ2n) is 6.20. The Labute approximate surface area is 147 Å². The molecule has 5 nitrogen and oxygen atoms in total. The van der Waals surface area contributed by atoms with Gasteiger partial charge in [-0.25, -0.2) is 8.42 Å². The van der Waals surface area contributed by atoms with E-state index in [-0.39, 0.29) is 17.4 Å². The van der Waals surface area contributed by atoms with Gasteiger partial charge in [-0.15, -0.1) is 0 Å². The second kappa shape index (κ2) is 7.70. The predicted octanol–water partition coefficient (Wildman–Crippen LogP) is 2.32. The lowest BCUT2D eigenvalue weighted by molar-refractivity contribution is -0.124. The monoisotopic (exact) mass is 359 g/mol. The average Bonchev–Trinajstić information content (AvgIpc) is 2.99. The van der Waals surface area contributed by atoms with Crippen molar-refractivity contribution in [2.75, 3.05) is 11.5 Å². The van der Waals surface area contributed by atoms with Crippen molar-refractivity contribution in [3.63, 3.8) is 0 Å². The molecule has 1 atom stereocenters. The Morgan fingerprint density at radius 2 is 1.80 bits per heavy atom. The van der Waals surface area contributed by atoms with Gasteiger partial charge < -0.3 is 10.1 Å². The summed E-state index contributed by atoms with van der Waals surface area (Å²) < 4.78 is 28.9. The average molecular weight is 359 g/mol. The topological polar surface area (TPSA) is 72.5 Å². The maximum atomic E-state index is 12.2. The van der Waals surface area contributed by atoms with Crippen LogP contribution >= 0.6 is 0 Å². The Hall–Kier alpha value is -2.34. The highest BCUT2D eigenvalue weighted by Crippen LogP contribution is 2.21. The van der Waals surface area contributed by atoms with E-state index in [1.54, 1.807) is 0 Å². The van der Waals surface area contributed by atoms with Gasteiger partial charge >= 0.3 is 0 Å². The molecule has 1 N–H and O–H groups in total. The number of ether oxygens (including phenoxy) is 1. The van der Waals surface area contributed by atoms with Crippen LogP contribution in [-0.2, 0) is 27.8 Å². The first kappa shape index (κ1) is 17.5. The van der Waals surface area contributed by atoms with E-state index in [0.717, 1.165) is 11.1 Å². The third kappa shape index (κ3) is 4.82. The Bertz CT molecular complexity index is 834. The molecule has 1 amide bonds. The van der Waals surface area contributed by atoms with Crippen LogP contribution < -0.4 is 10.1 Å². The number of rotatable bonds is 6. The van der Waals surface area contributed by atoms with Crippen molar-refractivity contribution in [3.8, 4) is 5.75 Å². The highest BCUT2D eigenvalue weighted by molar-refractivity contribution is 7.91. The van der Waals surface area contributed by atoms with Crippen molar-refractivity contribution in [3.05, 3.63) is 65.7 Å². The minimum atomic E-state index is -3.06. The number of hydrogen-bond acceptors (Lipinski definition) is 4. The van der Waals surface area contributed by atoms with Crippen molar-refractivity contribution < 1.29 is 17.9 Å². The van der Waals surface area contributed by atoms with Crippen molar-refractivity contribution in [2.24, 2.45) is 5.92 Å². The first-order valence-corrected chi connectivity index (χ1v) is 10.1. The molecule has 25 heavy (non-hydrogen) atoms. The minimum absolute atomic E-state index is 0.0506. The molecule has 0 unspecified atom stereocenters. The third-order valence-electron chi connectivity index (χ3n) is 4.27. The Balaban J connectivity index is 1.58. The van der Waals surface area contributed by atoms with Crippen molar-refractivity contribution in [2.45, 2.75) is 19.6 Å². The lowest BCUT2D eigenvalue weighted by Gasteiger charge is -2.14. The molecule has 0 bridgehead atoms. The fraction of sp³-hybridized carbons (Fsp3) is 0.316. The fourth-order valence-corrected chi connectivity index (χ4v) is 4.60. The van der Waals surface area contributed by atoms with Gasteiger partial charge in [-0.05, 0) is 18.1 Å². The summed E-state index contributed by atoms with van der Waals surface area (Å²) in [6.07, 6.45) is 0.403. The number of carbonyl (C=O) groups is 1. The highest BCUT2D eigenvalue weighted by atomic mass is 32.2. The van der Waals surface area contributed by atoms with E-state index in [1.807, 2.05) is 54.6 Å². The summed E-state index contributed by atoms with van der Waals surface area (Å²) in [6, 6.07) is 17.4. The van der Waals surface area contributed by atoms with Crippen LogP contribution in [0.25, 0.3) is 0 Å². The number of amides is 1. The van der Waals surface area contributed by atoms with E-state index in [2.05, 4.69) is 5.32 Å². The van der Waals surface area contributed by atoms with Gasteiger partial charge in [-0.2, -0.15) is 0 Å². The molecule has 2 aromatic carbocycles. The van der Waals surface area contributed by atoms with E-state index >= 15 is 0 Å². The van der Waals surface area contributed by atoms with Gasteiger partial charge in [0.15, 0.2) is 9.84 Å². The molecular weight excluding hydrogens is 338 g/mol. The number of nitrogens with one attached hydrogen (secondary N) is 1. The van der Waals surface area contributed by atoms with Gasteiger partial charge in [-0.1, -0.05) is 48.5 Å². The first-order valence-electron chi connectivity index (χ1n) is 8.26. The maximum Gasteiger partial charge on any atom is 0.224 e. The number of sulfone groups is 1. The fourth-order valence-electron chi connectivity index (χ4n) is 2.85. The van der Waals surface area contributed by atoms with E-state index < -0.39 is 15.8 Å². The normalized spacial score (nSPS) is 18.6. The highest BCUT2D eigenvalue weighted by Gasteiger charge is 2.32. The zero-order chi connectivity index (χ0) is 17.7. The summed E-state index contributed by atoms with van der Waals surface area (Å²) in [5.41, 5.74) is 1.94. The smallest absolute Gasteiger partial charge is 0.224 e. The van der Waals surface area contributed by atoms with Crippen LogP contribution in [0, 0.1) is 5.92 Å². The summed E-state index contributed by atoms with van der Waals surface area (Å²) >= 11 is 0. The molecule has 0 aromatic heterocycles. The van der Waals surface area contributed by atoms with Crippen LogP contribution in [0.15, 0.2) is 54.6 Å². The van der Waals surface area contributed by atoms with Crippen molar-refractivity contribution in [1.82, 2.24) is 5.32 Å². The number of para-hydroxylation sites is 1. The molecule has 1 fully saturated rings. The van der Waals surface area contributed by atoms with E-state index in [4.69, 9.17) is 4.74 Å². The van der Waals surface area contributed by atoms with Gasteiger partial charge in [0.1, 0.15) is 12.4 Å². The predicted molar refractivity (Wildman–Crippen MR) is 95.8 cm³/mol. The Morgan fingerprint density at radius 3 is 2.52 bits per heavy atom. The molecule has 1 aliphatic heterocycles. The zero-order valence-electron chi connectivity index (χ0n) is 13.9. The largest absolute Gasteiger partial charge is 0.489 e. The van der Waals surface area contributed by atoms with E-state index in [0.29, 0.717) is 25.3 Å². The summed E-state index contributed by atoms with van der Waals surface area (Å²) in [6.45, 7) is 0.771. The Morgan fingerprint density at radius 1 is 1.08 bits per heavy atom. The first-order chi connectivity index (χ1) is 12.0. The van der Waals surface area contributed by atoms with E-state index in [1.165, 1.54) is 0 Å². The van der Waals surface area contributed by atoms with Gasteiger partial charge in [0.05, 0.1) is 17.4 Å². The van der Waals surface area contributed by atoms with Crippen molar-refractivity contribution >= 4 is 15.7 Å². The molecular formula is C19H21NO4S. The third-order valence-corrected chi connectivity index (χ3v) is 6.03. The van der Waals surface area contributed by atoms with Crippen LogP contribution in [0.4, 0.5) is 0 Å². The number of hydrogen-bond donors (Lipinski definition) is 1. The lowest BCUT2D eigenvalue weighted by Crippen LogP contribution is -2.31. The molecule has 1 saturated heterocycles. The molecule has 1 aliphatic rings. The SMILES string of the molecule is O=C(NCc1ccccc1OCc1ccccc1)[C@@H]1CCS(=O)(=O)C1. The van der Waals surface area contributed by atoms with Gasteiger partial charge in [0.2, 0.25) is 5.91 Å². The maximum absolute atomic E-state index is 12.2. The molecule has 0 radical (unpaired) electrons. The molecule has 2 aromatic rings. The van der Waals surface area contributed by atoms with Crippen LogP contribution in [0.2, 0.25) is 0 Å². The zero-order valence-corrected chi connectivity index (χ0v) is 14.7. The Kier molecular flexibility index (Phi) is 5.38. The molecule has 0 spiro atoms. The van der Waals surface area contributed by atoms with Crippen LogP contribution in [0.3, 0.4) is 0 Å². The van der Waals surface area contributed by atoms with Crippen LogP contribution in [-0.4, -0.2) is 25.8 Å². The molecule has 6 heteroatoms. The second-order valence-corrected chi connectivity index (χ2v) is 8.43. The summed E-state index contributed by atoms with van der Waals surface area (Å²) in [7, 11) is -3.06. The quantitative estimate of drug-likeness (QED) is 0.859. The lowest BCUT2D eigenvalue weighted by atomic mass is 10.1. The van der Waals surface area contributed by atoms with Gasteiger partial charge in [-0.3, -0.25) is 4.79 Å². The molecule has 1 heterocycles. The van der Waals surface area contributed by atoms with Crippen molar-refractivity contribution in [1.29, 1.82) is 0 Å². The summed E-state index contributed by atoms with van der Waals surface area (Å²) in [5, 5.41) is 2.83. The van der Waals surface area contributed by atoms with Crippen LogP contribution in [0.5, 0.6) is 5.75 Å². The molecule has 0 aliphatic carbocycles. The van der Waals surface area contributed by atoms with Crippen LogP contribution in [0.1, 0.15) is 17.5 Å². The molecule has 0 saturated carbocycles. The molecule has 132 valence electrons. The number of carbonyl (C=O) groups excluding carboxylic acids is 1. The summed E-state index contributed by atoms with van der Waals surface area (Å²) in [5.74, 6) is 0.111. The van der Waals surface area contributed by atoms with E-state index in [9.17, 15) is 13.2 Å². The van der Waals surface area contributed by atoms with Gasteiger partial charge in [0, 0.05) is 12.1 Å². The minimum Gasteiger partial charge on any atom is -0.489 e. The molecule has 3 rings (SSSR count). The van der Waals surface area contributed by atoms with Gasteiger partial charge in [0.25, 0.3) is 0 Å². The summed E-state index contributed by atoms with van der Waals surface area (Å²) in [4.78, 5) is 12.2. The standard InChI is InChI=1S/C19H21NO4S/c21-19(17-10-11-25(22,23)14-17)20-12-16-8-4-5-9-18(16)24-13-15-6-2-1-3-7-15/h1-9,17H,10-14H2,(H,20,21)/t17-/m1/s1. The number of benzene rings is 2.